The largest absolute Gasteiger partial charge is 0.480 e. The van der Waals surface area contributed by atoms with Crippen LogP contribution in [0.3, 0.4) is 0 Å². The molecule has 7 heteroatoms. The van der Waals surface area contributed by atoms with Gasteiger partial charge in [-0.15, -0.1) is 0 Å². The highest BCUT2D eigenvalue weighted by atomic mass is 16.5. The minimum Gasteiger partial charge on any atom is -0.480 e. The molecule has 31 heavy (non-hydrogen) atoms. The molecular weight excluding hydrogens is 396 g/mol. The number of amides is 1. The lowest BCUT2D eigenvalue weighted by atomic mass is 9.38. The molecule has 4 fully saturated rings. The van der Waals surface area contributed by atoms with Crippen molar-refractivity contribution in [2.75, 3.05) is 0 Å². The van der Waals surface area contributed by atoms with E-state index in [4.69, 9.17) is 9.15 Å². The number of nitrogens with one attached hydrogen (secondary N) is 1. The zero-order valence-electron chi connectivity index (χ0n) is 17.5. The molecule has 2 bridgehead atoms. The lowest BCUT2D eigenvalue weighted by Crippen LogP contribution is -2.75. The second-order valence-electron chi connectivity index (χ2n) is 10.1. The first kappa shape index (κ1) is 19.0. The van der Waals surface area contributed by atoms with E-state index >= 15 is 0 Å². The van der Waals surface area contributed by atoms with Crippen molar-refractivity contribution in [2.24, 2.45) is 5.41 Å². The van der Waals surface area contributed by atoms with Crippen molar-refractivity contribution < 1.29 is 23.8 Å². The molecule has 2 N–H and O–H groups in total. The van der Waals surface area contributed by atoms with Gasteiger partial charge in [-0.25, -0.2) is 4.98 Å². The SMILES string of the molecule is Cc1ccc2c(c1)[C@H](O)C[C@H](C(=O)NC13CC(CC(=O)c4cnc(C5CC5)o4)(C1)C3)O2. The second-order valence-corrected chi connectivity index (χ2v) is 10.1. The molecule has 2 heterocycles. The van der Waals surface area contributed by atoms with Crippen LogP contribution in [0.25, 0.3) is 0 Å². The van der Waals surface area contributed by atoms with Crippen LogP contribution in [-0.4, -0.2) is 33.4 Å². The third kappa shape index (κ3) is 3.17. The molecule has 4 saturated carbocycles. The maximum absolute atomic E-state index is 12.8. The number of aliphatic hydroxyl groups is 1. The van der Waals surface area contributed by atoms with Gasteiger partial charge < -0.3 is 19.6 Å². The predicted molar refractivity (Wildman–Crippen MR) is 110 cm³/mol. The Morgan fingerprint density at radius 2 is 2.03 bits per heavy atom. The van der Waals surface area contributed by atoms with Gasteiger partial charge >= 0.3 is 0 Å². The van der Waals surface area contributed by atoms with Crippen molar-refractivity contribution in [3.8, 4) is 5.75 Å². The standard InChI is InChI=1S/C24H26N2O5/c1-13-2-5-18-15(6-13)16(27)7-19(30-18)21(29)26-24-10-23(11-24,12-24)8-17(28)20-9-25-22(31-20)14-3-4-14/h2,5-6,9,14,16,19,27H,3-4,7-8,10-12H2,1H3,(H,26,29)/t16-,19-,23?,24?/m1/s1. The van der Waals surface area contributed by atoms with Crippen molar-refractivity contribution in [2.45, 2.75) is 75.5 Å². The van der Waals surface area contributed by atoms with E-state index in [9.17, 15) is 14.7 Å². The number of fused-ring (bicyclic) bond motifs is 1. The first-order chi connectivity index (χ1) is 14.8. The molecule has 0 radical (unpaired) electrons. The maximum atomic E-state index is 12.8. The Morgan fingerprint density at radius 3 is 2.77 bits per heavy atom. The molecule has 1 aliphatic heterocycles. The summed E-state index contributed by atoms with van der Waals surface area (Å²) in [5, 5.41) is 13.6. The minimum absolute atomic E-state index is 0.00432. The Bertz CT molecular complexity index is 1070. The Kier molecular flexibility index (Phi) is 3.94. The minimum atomic E-state index is -0.709. The van der Waals surface area contributed by atoms with Gasteiger partial charge in [0.05, 0.1) is 12.3 Å². The van der Waals surface area contributed by atoms with Crippen LogP contribution in [0.5, 0.6) is 5.75 Å². The van der Waals surface area contributed by atoms with Crippen LogP contribution in [0, 0.1) is 12.3 Å². The molecule has 5 aliphatic rings. The number of Topliss-reactive ketones (excluding diaryl/α,β-unsaturated/α-hetero) is 1. The summed E-state index contributed by atoms with van der Waals surface area (Å²) in [6, 6.07) is 5.63. The highest BCUT2D eigenvalue weighted by molar-refractivity contribution is 5.94. The molecule has 0 spiro atoms. The summed E-state index contributed by atoms with van der Waals surface area (Å²) in [6.45, 7) is 1.96. The van der Waals surface area contributed by atoms with Crippen LogP contribution >= 0.6 is 0 Å². The van der Waals surface area contributed by atoms with Gasteiger partial charge in [-0.2, -0.15) is 0 Å². The van der Waals surface area contributed by atoms with Crippen LogP contribution in [0.15, 0.2) is 28.8 Å². The number of benzene rings is 1. The van der Waals surface area contributed by atoms with Crippen LogP contribution in [0.2, 0.25) is 0 Å². The second kappa shape index (κ2) is 6.42. The average Bonchev–Trinajstić information content (AvgIpc) is 3.42. The normalized spacial score (nSPS) is 32.8. The van der Waals surface area contributed by atoms with Crippen LogP contribution in [-0.2, 0) is 4.79 Å². The fourth-order valence-electron chi connectivity index (χ4n) is 5.75. The van der Waals surface area contributed by atoms with Gasteiger partial charge in [0.25, 0.3) is 5.91 Å². The molecule has 2 aromatic rings. The molecule has 4 aliphatic carbocycles. The molecule has 0 saturated heterocycles. The summed E-state index contributed by atoms with van der Waals surface area (Å²) in [6.07, 6.45) is 5.41. The number of aryl methyl sites for hydroxylation is 1. The Morgan fingerprint density at radius 1 is 1.26 bits per heavy atom. The van der Waals surface area contributed by atoms with Gasteiger partial charge in [0.2, 0.25) is 0 Å². The number of ether oxygens (including phenoxy) is 1. The molecule has 1 amide bonds. The third-order valence-electron chi connectivity index (χ3n) is 7.31. The zero-order chi connectivity index (χ0) is 21.4. The highest BCUT2D eigenvalue weighted by Gasteiger charge is 2.69. The molecule has 1 aromatic heterocycles. The number of aromatic nitrogens is 1. The number of hydrogen-bond donors (Lipinski definition) is 2. The number of hydrogen-bond acceptors (Lipinski definition) is 6. The number of ketones is 1. The average molecular weight is 422 g/mol. The van der Waals surface area contributed by atoms with E-state index in [2.05, 4.69) is 10.3 Å². The predicted octanol–water partition coefficient (Wildman–Crippen LogP) is 3.36. The first-order valence-corrected chi connectivity index (χ1v) is 11.1. The number of oxazole rings is 1. The summed E-state index contributed by atoms with van der Waals surface area (Å²) < 4.78 is 11.5. The summed E-state index contributed by atoms with van der Waals surface area (Å²) in [5.41, 5.74) is 1.52. The first-order valence-electron chi connectivity index (χ1n) is 11.1. The molecule has 7 nitrogen and oxygen atoms in total. The van der Waals surface area contributed by atoms with Gasteiger partial charge in [-0.05, 0) is 56.6 Å². The van der Waals surface area contributed by atoms with Crippen LogP contribution in [0.1, 0.15) is 84.5 Å². The summed E-state index contributed by atoms with van der Waals surface area (Å²) in [5.74, 6) is 1.84. The van der Waals surface area contributed by atoms with Gasteiger partial charge in [0.15, 0.2) is 23.5 Å². The molecule has 2 atom stereocenters. The summed E-state index contributed by atoms with van der Waals surface area (Å²) in [4.78, 5) is 29.7. The van der Waals surface area contributed by atoms with E-state index < -0.39 is 12.2 Å². The Hall–Kier alpha value is -2.67. The number of aliphatic hydroxyl groups excluding tert-OH is 1. The smallest absolute Gasteiger partial charge is 0.261 e. The number of rotatable bonds is 6. The molecule has 0 unspecified atom stereocenters. The number of carbonyl (C=O) groups excluding carboxylic acids is 2. The summed E-state index contributed by atoms with van der Waals surface area (Å²) in [7, 11) is 0. The Balaban J connectivity index is 1.04. The zero-order valence-corrected chi connectivity index (χ0v) is 17.5. The lowest BCUT2D eigenvalue weighted by Gasteiger charge is -2.70. The summed E-state index contributed by atoms with van der Waals surface area (Å²) >= 11 is 0. The fourth-order valence-corrected chi connectivity index (χ4v) is 5.75. The topological polar surface area (TPSA) is 102 Å². The molecular formula is C24H26N2O5. The van der Waals surface area contributed by atoms with Crippen LogP contribution in [0.4, 0.5) is 0 Å². The van der Waals surface area contributed by atoms with Crippen LogP contribution < -0.4 is 10.1 Å². The molecule has 1 aromatic carbocycles. The van der Waals surface area contributed by atoms with E-state index in [0.29, 0.717) is 29.7 Å². The van der Waals surface area contributed by atoms with Crippen molar-refractivity contribution in [3.63, 3.8) is 0 Å². The van der Waals surface area contributed by atoms with Gasteiger partial charge in [0, 0.05) is 29.9 Å². The van der Waals surface area contributed by atoms with E-state index in [1.807, 2.05) is 25.1 Å². The van der Waals surface area contributed by atoms with E-state index in [0.717, 1.165) is 43.2 Å². The third-order valence-corrected chi connectivity index (χ3v) is 7.31. The molecule has 162 valence electrons. The van der Waals surface area contributed by atoms with Gasteiger partial charge in [-0.3, -0.25) is 9.59 Å². The van der Waals surface area contributed by atoms with Crippen molar-refractivity contribution in [1.82, 2.24) is 10.3 Å². The molecule has 7 rings (SSSR count). The van der Waals surface area contributed by atoms with Gasteiger partial charge in [0.1, 0.15) is 5.75 Å². The van der Waals surface area contributed by atoms with E-state index in [1.54, 1.807) is 6.20 Å². The monoisotopic (exact) mass is 422 g/mol. The fraction of sp³-hybridized carbons (Fsp3) is 0.542. The maximum Gasteiger partial charge on any atom is 0.261 e. The lowest BCUT2D eigenvalue weighted by molar-refractivity contribution is -0.168. The number of nitrogens with zero attached hydrogens (tertiary/aromatic N) is 1. The van der Waals surface area contributed by atoms with E-state index in [1.165, 1.54) is 0 Å². The quantitative estimate of drug-likeness (QED) is 0.692. The van der Waals surface area contributed by atoms with Crippen molar-refractivity contribution >= 4 is 11.7 Å². The highest BCUT2D eigenvalue weighted by Crippen LogP contribution is 2.69. The van der Waals surface area contributed by atoms with Crippen molar-refractivity contribution in [3.05, 3.63) is 47.2 Å². The van der Waals surface area contributed by atoms with Gasteiger partial charge in [-0.1, -0.05) is 11.6 Å². The Labute approximate surface area is 180 Å². The van der Waals surface area contributed by atoms with E-state index in [-0.39, 0.29) is 29.1 Å². The van der Waals surface area contributed by atoms with Crippen molar-refractivity contribution in [1.29, 1.82) is 0 Å². The number of carbonyl (C=O) groups is 2.